The fourth-order valence-corrected chi connectivity index (χ4v) is 1.98. The minimum atomic E-state index is -0.106. The third-order valence-corrected chi connectivity index (χ3v) is 3.23. The normalized spacial score (nSPS) is 11.2. The van der Waals surface area contributed by atoms with Crippen LogP contribution in [0, 0.1) is 0 Å². The van der Waals surface area contributed by atoms with Crippen LogP contribution in [0.25, 0.3) is 0 Å². The number of halogens is 1. The van der Waals surface area contributed by atoms with Gasteiger partial charge in [0.15, 0.2) is 0 Å². The van der Waals surface area contributed by atoms with Gasteiger partial charge in [0.05, 0.1) is 0 Å². The number of nitrogens with one attached hydrogen (secondary N) is 1. The van der Waals surface area contributed by atoms with Gasteiger partial charge in [0.25, 0.3) is 5.91 Å². The summed E-state index contributed by atoms with van der Waals surface area (Å²) < 4.78 is 5.73. The van der Waals surface area contributed by atoms with Crippen molar-refractivity contribution in [3.8, 4) is 5.75 Å². The van der Waals surface area contributed by atoms with Crippen molar-refractivity contribution in [3.05, 3.63) is 65.7 Å². The second kappa shape index (κ2) is 9.87. The lowest BCUT2D eigenvalue weighted by atomic mass is 10.2. The molecule has 5 heteroatoms. The Morgan fingerprint density at radius 3 is 2.61 bits per heavy atom. The topological polar surface area (TPSA) is 64.3 Å². The van der Waals surface area contributed by atoms with Crippen molar-refractivity contribution in [2.45, 2.75) is 26.0 Å². The van der Waals surface area contributed by atoms with Gasteiger partial charge in [-0.15, -0.1) is 12.4 Å². The summed E-state index contributed by atoms with van der Waals surface area (Å²) in [6.07, 6.45) is 0.760. The van der Waals surface area contributed by atoms with Gasteiger partial charge in [0.1, 0.15) is 12.4 Å². The quantitative estimate of drug-likeness (QED) is 0.817. The first-order valence-electron chi connectivity index (χ1n) is 7.46. The van der Waals surface area contributed by atoms with Crippen LogP contribution >= 0.6 is 12.4 Å². The van der Waals surface area contributed by atoms with Crippen LogP contribution in [0.4, 0.5) is 0 Å². The first-order valence-corrected chi connectivity index (χ1v) is 7.46. The Balaban J connectivity index is 0.00000264. The number of ether oxygens (including phenoxy) is 1. The molecule has 2 rings (SSSR count). The SMILES string of the molecule is CC(N)CCNC(=O)c1cccc(OCc2ccccc2)c1.Cl. The molecule has 1 unspecified atom stereocenters. The fourth-order valence-electron chi connectivity index (χ4n) is 1.98. The van der Waals surface area contributed by atoms with Crippen molar-refractivity contribution in [1.82, 2.24) is 5.32 Å². The average molecular weight is 335 g/mol. The molecule has 0 aliphatic rings. The molecule has 1 amide bonds. The van der Waals surface area contributed by atoms with E-state index in [1.807, 2.05) is 49.4 Å². The zero-order valence-electron chi connectivity index (χ0n) is 13.2. The predicted octanol–water partition coefficient (Wildman–Crippen LogP) is 3.15. The van der Waals surface area contributed by atoms with Gasteiger partial charge in [-0.25, -0.2) is 0 Å². The lowest BCUT2D eigenvalue weighted by molar-refractivity contribution is 0.0952. The predicted molar refractivity (Wildman–Crippen MR) is 95.1 cm³/mol. The molecule has 0 aliphatic carbocycles. The average Bonchev–Trinajstić information content (AvgIpc) is 2.54. The monoisotopic (exact) mass is 334 g/mol. The Morgan fingerprint density at radius 2 is 1.91 bits per heavy atom. The maximum Gasteiger partial charge on any atom is 0.251 e. The molecule has 0 fully saturated rings. The molecule has 0 heterocycles. The molecule has 0 radical (unpaired) electrons. The van der Waals surface area contributed by atoms with Gasteiger partial charge < -0.3 is 15.8 Å². The second-order valence-corrected chi connectivity index (χ2v) is 5.32. The second-order valence-electron chi connectivity index (χ2n) is 5.32. The van der Waals surface area contributed by atoms with Crippen LogP contribution in [-0.2, 0) is 6.61 Å². The van der Waals surface area contributed by atoms with Gasteiger partial charge in [-0.3, -0.25) is 4.79 Å². The maximum atomic E-state index is 12.0. The first-order chi connectivity index (χ1) is 10.6. The van der Waals surface area contributed by atoms with Crippen LogP contribution in [0.3, 0.4) is 0 Å². The van der Waals surface area contributed by atoms with Gasteiger partial charge in [-0.2, -0.15) is 0 Å². The van der Waals surface area contributed by atoms with Crippen molar-refractivity contribution in [2.24, 2.45) is 5.73 Å². The number of carbonyl (C=O) groups excluding carboxylic acids is 1. The number of hydrogen-bond donors (Lipinski definition) is 2. The van der Waals surface area contributed by atoms with E-state index in [2.05, 4.69) is 5.32 Å². The van der Waals surface area contributed by atoms with Gasteiger partial charge in [-0.05, 0) is 37.1 Å². The molecule has 0 bridgehead atoms. The summed E-state index contributed by atoms with van der Waals surface area (Å²) in [5.41, 5.74) is 7.35. The third-order valence-electron chi connectivity index (χ3n) is 3.23. The molecule has 0 aliphatic heterocycles. The van der Waals surface area contributed by atoms with Crippen molar-refractivity contribution >= 4 is 18.3 Å². The molecule has 23 heavy (non-hydrogen) atoms. The Morgan fingerprint density at radius 1 is 1.17 bits per heavy atom. The molecule has 2 aromatic carbocycles. The van der Waals surface area contributed by atoms with E-state index in [4.69, 9.17) is 10.5 Å². The van der Waals surface area contributed by atoms with E-state index >= 15 is 0 Å². The molecular weight excluding hydrogens is 312 g/mol. The summed E-state index contributed by atoms with van der Waals surface area (Å²) in [7, 11) is 0. The van der Waals surface area contributed by atoms with Crippen molar-refractivity contribution in [2.75, 3.05) is 6.54 Å². The molecule has 4 nitrogen and oxygen atoms in total. The molecule has 124 valence electrons. The minimum absolute atomic E-state index is 0. The van der Waals surface area contributed by atoms with E-state index in [0.29, 0.717) is 24.5 Å². The molecule has 0 saturated carbocycles. The Kier molecular flexibility index (Phi) is 8.16. The van der Waals surface area contributed by atoms with Crippen molar-refractivity contribution in [1.29, 1.82) is 0 Å². The number of carbonyl (C=O) groups is 1. The summed E-state index contributed by atoms with van der Waals surface area (Å²) in [5.74, 6) is 0.578. The van der Waals surface area contributed by atoms with Crippen LogP contribution in [0.5, 0.6) is 5.75 Å². The molecule has 1 atom stereocenters. The number of nitrogens with two attached hydrogens (primary N) is 1. The highest BCUT2D eigenvalue weighted by Crippen LogP contribution is 2.15. The van der Waals surface area contributed by atoms with Gasteiger partial charge >= 0.3 is 0 Å². The summed E-state index contributed by atoms with van der Waals surface area (Å²) in [4.78, 5) is 12.0. The lowest BCUT2D eigenvalue weighted by Gasteiger charge is -2.09. The van der Waals surface area contributed by atoms with Gasteiger partial charge in [0.2, 0.25) is 0 Å². The summed E-state index contributed by atoms with van der Waals surface area (Å²) >= 11 is 0. The summed E-state index contributed by atoms with van der Waals surface area (Å²) in [6, 6.07) is 17.2. The van der Waals surface area contributed by atoms with Gasteiger partial charge in [0, 0.05) is 18.2 Å². The molecule has 0 aromatic heterocycles. The fraction of sp³-hybridized carbons (Fsp3) is 0.278. The van der Waals surface area contributed by atoms with E-state index in [0.717, 1.165) is 12.0 Å². The number of benzene rings is 2. The Bertz CT molecular complexity index is 603. The highest BCUT2D eigenvalue weighted by molar-refractivity contribution is 5.94. The number of amides is 1. The van der Waals surface area contributed by atoms with Gasteiger partial charge in [-0.1, -0.05) is 36.4 Å². The minimum Gasteiger partial charge on any atom is -0.489 e. The highest BCUT2D eigenvalue weighted by Gasteiger charge is 2.06. The highest BCUT2D eigenvalue weighted by atomic mass is 35.5. The Hall–Kier alpha value is -2.04. The van der Waals surface area contributed by atoms with Crippen LogP contribution in [0.1, 0.15) is 29.3 Å². The summed E-state index contributed by atoms with van der Waals surface area (Å²) in [6.45, 7) is 2.98. The zero-order valence-corrected chi connectivity index (χ0v) is 14.0. The standard InChI is InChI=1S/C18H22N2O2.ClH/c1-14(19)10-11-20-18(21)16-8-5-9-17(12-16)22-13-15-6-3-2-4-7-15;/h2-9,12,14H,10-11,13,19H2,1H3,(H,20,21);1H. The van der Waals surface area contributed by atoms with E-state index in [1.165, 1.54) is 0 Å². The zero-order chi connectivity index (χ0) is 15.8. The lowest BCUT2D eigenvalue weighted by Crippen LogP contribution is -2.28. The maximum absolute atomic E-state index is 12.0. The number of rotatable bonds is 7. The van der Waals surface area contributed by atoms with E-state index < -0.39 is 0 Å². The molecule has 0 spiro atoms. The van der Waals surface area contributed by atoms with E-state index in [9.17, 15) is 4.79 Å². The number of hydrogen-bond acceptors (Lipinski definition) is 3. The molecule has 2 aromatic rings. The Labute approximate surface area is 143 Å². The van der Waals surface area contributed by atoms with E-state index in [-0.39, 0.29) is 24.4 Å². The van der Waals surface area contributed by atoms with Crippen LogP contribution in [0.2, 0.25) is 0 Å². The van der Waals surface area contributed by atoms with Crippen molar-refractivity contribution < 1.29 is 9.53 Å². The van der Waals surface area contributed by atoms with Crippen LogP contribution < -0.4 is 15.8 Å². The summed E-state index contributed by atoms with van der Waals surface area (Å²) in [5, 5.41) is 2.86. The smallest absolute Gasteiger partial charge is 0.251 e. The van der Waals surface area contributed by atoms with E-state index in [1.54, 1.807) is 12.1 Å². The molecule has 0 saturated heterocycles. The first kappa shape index (κ1) is 19.0. The molecular formula is C18H23ClN2O2. The molecule has 3 N–H and O–H groups in total. The van der Waals surface area contributed by atoms with Crippen molar-refractivity contribution in [3.63, 3.8) is 0 Å². The van der Waals surface area contributed by atoms with Crippen LogP contribution in [-0.4, -0.2) is 18.5 Å². The third kappa shape index (κ3) is 6.72. The van der Waals surface area contributed by atoms with Crippen LogP contribution in [0.15, 0.2) is 54.6 Å². The largest absolute Gasteiger partial charge is 0.489 e.